The molecule has 3 fully saturated rings. The van der Waals surface area contributed by atoms with Crippen molar-refractivity contribution in [3.63, 3.8) is 0 Å². The average Bonchev–Trinajstić information content (AvgIpc) is 3.41. The minimum atomic E-state index is -0.242. The third-order valence-corrected chi connectivity index (χ3v) is 9.39. The van der Waals surface area contributed by atoms with Gasteiger partial charge in [0.15, 0.2) is 5.44 Å². The first-order valence-corrected chi connectivity index (χ1v) is 11.6. The van der Waals surface area contributed by atoms with Gasteiger partial charge >= 0.3 is 11.9 Å². The molecule has 0 radical (unpaired) electrons. The van der Waals surface area contributed by atoms with Gasteiger partial charge in [0.05, 0.1) is 11.8 Å². The van der Waals surface area contributed by atoms with Crippen molar-refractivity contribution in [2.75, 3.05) is 5.75 Å². The van der Waals surface area contributed by atoms with Gasteiger partial charge in [-0.05, 0) is 56.1 Å². The Bertz CT molecular complexity index is 840. The maximum atomic E-state index is 12.3. The van der Waals surface area contributed by atoms with Gasteiger partial charge < -0.3 is 14.2 Å². The van der Waals surface area contributed by atoms with Gasteiger partial charge in [0.1, 0.15) is 12.2 Å². The van der Waals surface area contributed by atoms with E-state index in [1.54, 1.807) is 24.9 Å². The molecule has 1 saturated heterocycles. The van der Waals surface area contributed by atoms with Gasteiger partial charge in [0.25, 0.3) is 0 Å². The standard InChI is InChI=1S/C23H28O5S/c1-13-9-19(28-20(13)24)29-12-23-8-7-14(22(23,2)3)10-18(23)26-11-16-15-5-4-6-17(15)27-21(16)25/h4,6,9,11,14-15,17-19H,5,7-8,10,12H2,1-3H3/b16-11+/t14-,15-,17-,18-,19-,23-/m1/s1. The molecule has 2 bridgehead atoms. The van der Waals surface area contributed by atoms with Gasteiger partial charge in [-0.15, -0.1) is 11.8 Å². The molecule has 6 atom stereocenters. The quantitative estimate of drug-likeness (QED) is 0.290. The van der Waals surface area contributed by atoms with E-state index in [0.717, 1.165) is 25.0 Å². The summed E-state index contributed by atoms with van der Waals surface area (Å²) < 4.78 is 17.3. The van der Waals surface area contributed by atoms with Crippen molar-refractivity contribution in [1.82, 2.24) is 0 Å². The molecule has 5 aliphatic rings. The van der Waals surface area contributed by atoms with Crippen LogP contribution in [-0.4, -0.2) is 35.3 Å². The minimum Gasteiger partial charge on any atom is -0.497 e. The van der Waals surface area contributed by atoms with Crippen LogP contribution in [0.1, 0.15) is 46.5 Å². The van der Waals surface area contributed by atoms with Crippen LogP contribution in [0.5, 0.6) is 0 Å². The lowest BCUT2D eigenvalue weighted by atomic mass is 9.69. The van der Waals surface area contributed by atoms with Crippen LogP contribution in [0.2, 0.25) is 0 Å². The van der Waals surface area contributed by atoms with Crippen LogP contribution < -0.4 is 0 Å². The number of allylic oxidation sites excluding steroid dienone is 1. The second-order valence-corrected chi connectivity index (χ2v) is 10.7. The van der Waals surface area contributed by atoms with Crippen LogP contribution in [0, 0.1) is 22.7 Å². The van der Waals surface area contributed by atoms with Crippen LogP contribution in [0.4, 0.5) is 0 Å². The van der Waals surface area contributed by atoms with Crippen molar-refractivity contribution in [1.29, 1.82) is 0 Å². The molecular formula is C23H28O5S. The first kappa shape index (κ1) is 19.3. The van der Waals surface area contributed by atoms with Crippen LogP contribution >= 0.6 is 11.8 Å². The number of fused-ring (bicyclic) bond motifs is 3. The lowest BCUT2D eigenvalue weighted by molar-refractivity contribution is -0.138. The third-order valence-electron chi connectivity index (χ3n) is 8.14. The van der Waals surface area contributed by atoms with Crippen molar-refractivity contribution in [2.24, 2.45) is 22.7 Å². The fourth-order valence-electron chi connectivity index (χ4n) is 6.04. The zero-order valence-corrected chi connectivity index (χ0v) is 18.0. The zero-order chi connectivity index (χ0) is 20.4. The maximum absolute atomic E-state index is 12.3. The van der Waals surface area contributed by atoms with Gasteiger partial charge in [-0.1, -0.05) is 19.9 Å². The summed E-state index contributed by atoms with van der Waals surface area (Å²) >= 11 is 1.70. The van der Waals surface area contributed by atoms with E-state index in [4.69, 9.17) is 14.2 Å². The Hall–Kier alpha value is -1.69. The molecule has 156 valence electrons. The molecule has 0 N–H and O–H groups in total. The summed E-state index contributed by atoms with van der Waals surface area (Å²) in [6.45, 7) is 6.50. The predicted octanol–water partition coefficient (Wildman–Crippen LogP) is 4.15. The molecule has 0 aromatic rings. The van der Waals surface area contributed by atoms with E-state index >= 15 is 0 Å². The number of esters is 2. The molecule has 0 amide bonds. The number of rotatable bonds is 5. The Balaban J connectivity index is 1.33. The Morgan fingerprint density at radius 1 is 1.28 bits per heavy atom. The van der Waals surface area contributed by atoms with E-state index in [2.05, 4.69) is 19.9 Å². The molecule has 6 heteroatoms. The molecular weight excluding hydrogens is 388 g/mol. The van der Waals surface area contributed by atoms with Crippen molar-refractivity contribution in [2.45, 2.75) is 64.1 Å². The van der Waals surface area contributed by atoms with Gasteiger partial charge in [-0.25, -0.2) is 9.59 Å². The molecule has 0 unspecified atom stereocenters. The van der Waals surface area contributed by atoms with Gasteiger partial charge in [-0.3, -0.25) is 0 Å². The minimum absolute atomic E-state index is 0.00592. The Labute approximate surface area is 175 Å². The Morgan fingerprint density at radius 3 is 2.83 bits per heavy atom. The fraction of sp³-hybridized carbons (Fsp3) is 0.652. The summed E-state index contributed by atoms with van der Waals surface area (Å²) in [6, 6.07) is 0. The average molecular weight is 417 g/mol. The summed E-state index contributed by atoms with van der Waals surface area (Å²) in [7, 11) is 0. The van der Waals surface area contributed by atoms with Crippen molar-refractivity contribution in [3.05, 3.63) is 35.6 Å². The van der Waals surface area contributed by atoms with Crippen LogP contribution in [0.3, 0.4) is 0 Å². The highest BCUT2D eigenvalue weighted by Crippen LogP contribution is 2.67. The van der Waals surface area contributed by atoms with Crippen LogP contribution in [0.25, 0.3) is 0 Å². The third kappa shape index (κ3) is 2.82. The molecule has 2 aliphatic heterocycles. The predicted molar refractivity (Wildman–Crippen MR) is 110 cm³/mol. The second kappa shape index (κ2) is 6.66. The van der Waals surface area contributed by atoms with Crippen LogP contribution in [-0.2, 0) is 23.8 Å². The van der Waals surface area contributed by atoms with Crippen LogP contribution in [0.15, 0.2) is 35.6 Å². The summed E-state index contributed by atoms with van der Waals surface area (Å²) in [4.78, 5) is 24.0. The number of carbonyl (C=O) groups is 2. The Kier molecular flexibility index (Phi) is 4.43. The number of cyclic esters (lactones) is 1. The van der Waals surface area contributed by atoms with E-state index < -0.39 is 0 Å². The normalized spacial score (nSPS) is 42.9. The van der Waals surface area contributed by atoms with E-state index in [0.29, 0.717) is 17.1 Å². The number of hydrogen-bond acceptors (Lipinski definition) is 6. The molecule has 0 aromatic carbocycles. The zero-order valence-electron chi connectivity index (χ0n) is 17.2. The smallest absolute Gasteiger partial charge is 0.338 e. The summed E-state index contributed by atoms with van der Waals surface area (Å²) in [5.41, 5.74) is 1.31. The maximum Gasteiger partial charge on any atom is 0.338 e. The highest BCUT2D eigenvalue weighted by Gasteiger charge is 2.65. The molecule has 0 aromatic heterocycles. The summed E-state index contributed by atoms with van der Waals surface area (Å²) in [5, 5.41) is 0. The highest BCUT2D eigenvalue weighted by molar-refractivity contribution is 8.00. The van der Waals surface area contributed by atoms with Crippen molar-refractivity contribution >= 4 is 23.7 Å². The van der Waals surface area contributed by atoms with E-state index in [1.807, 2.05) is 12.2 Å². The lowest BCUT2D eigenvalue weighted by Gasteiger charge is -2.42. The van der Waals surface area contributed by atoms with Gasteiger partial charge in [0.2, 0.25) is 0 Å². The molecule has 5 rings (SSSR count). The summed E-state index contributed by atoms with van der Waals surface area (Å²) in [5.74, 6) is 1.14. The first-order chi connectivity index (χ1) is 13.8. The van der Waals surface area contributed by atoms with Gasteiger partial charge in [-0.2, -0.15) is 0 Å². The van der Waals surface area contributed by atoms with E-state index in [9.17, 15) is 9.59 Å². The monoisotopic (exact) mass is 416 g/mol. The molecule has 29 heavy (non-hydrogen) atoms. The molecule has 0 spiro atoms. The number of ether oxygens (including phenoxy) is 3. The molecule has 2 saturated carbocycles. The topological polar surface area (TPSA) is 61.8 Å². The second-order valence-electron chi connectivity index (χ2n) is 9.62. The lowest BCUT2D eigenvalue weighted by Crippen LogP contribution is -2.42. The van der Waals surface area contributed by atoms with E-state index in [1.165, 1.54) is 6.42 Å². The summed E-state index contributed by atoms with van der Waals surface area (Å²) in [6.07, 6.45) is 11.8. The fourth-order valence-corrected chi connectivity index (χ4v) is 7.65. The molecule has 3 aliphatic carbocycles. The number of hydrogen-bond donors (Lipinski definition) is 0. The first-order valence-electron chi connectivity index (χ1n) is 10.6. The molecule has 5 nitrogen and oxygen atoms in total. The SMILES string of the molecule is CC1=C[C@@H](SC[C@]23CC[C@H](C[C@H]2O/C=C2/C(=O)O[C@@H]4C=CC[C@H]24)C3(C)C)OC1=O. The van der Waals surface area contributed by atoms with Gasteiger partial charge in [0, 0.05) is 22.7 Å². The number of carbonyl (C=O) groups excluding carboxylic acids is 2. The van der Waals surface area contributed by atoms with E-state index in [-0.39, 0.29) is 46.3 Å². The largest absolute Gasteiger partial charge is 0.497 e. The highest BCUT2D eigenvalue weighted by atomic mass is 32.2. The number of thioether (sulfide) groups is 1. The van der Waals surface area contributed by atoms with Crippen molar-refractivity contribution < 1.29 is 23.8 Å². The molecule has 2 heterocycles. The Morgan fingerprint density at radius 2 is 2.10 bits per heavy atom. The van der Waals surface area contributed by atoms with Crippen molar-refractivity contribution in [3.8, 4) is 0 Å².